The second kappa shape index (κ2) is 3.38. The molecule has 0 unspecified atom stereocenters. The number of aromatic nitrogens is 1. The second-order valence-electron chi connectivity index (χ2n) is 3.06. The smallest absolute Gasteiger partial charge is 0.150 e. The van der Waals surface area contributed by atoms with Gasteiger partial charge in [0.25, 0.3) is 0 Å². The Morgan fingerprint density at radius 2 is 2.29 bits per heavy atom. The van der Waals surface area contributed by atoms with Crippen molar-refractivity contribution in [2.45, 2.75) is 13.8 Å². The van der Waals surface area contributed by atoms with E-state index < -0.39 is 0 Å². The number of hydrogen-bond donors (Lipinski definition) is 0. The van der Waals surface area contributed by atoms with Crippen LogP contribution in [0.4, 0.5) is 0 Å². The normalized spacial score (nSPS) is 10.4. The van der Waals surface area contributed by atoms with Crippen LogP contribution in [-0.4, -0.2) is 11.4 Å². The minimum Gasteiger partial charge on any atom is -0.361 e. The Morgan fingerprint density at radius 1 is 1.50 bits per heavy atom. The molecule has 2 heterocycles. The number of carbonyl (C=O) groups is 1. The summed E-state index contributed by atoms with van der Waals surface area (Å²) in [5, 5.41) is 5.70. The summed E-state index contributed by atoms with van der Waals surface area (Å²) in [5.41, 5.74) is 2.56. The zero-order valence-electron chi connectivity index (χ0n) is 7.90. The van der Waals surface area contributed by atoms with Crippen LogP contribution in [0.25, 0.3) is 10.4 Å². The molecule has 2 rings (SSSR count). The fourth-order valence-electron chi connectivity index (χ4n) is 1.38. The van der Waals surface area contributed by atoms with Crippen molar-refractivity contribution in [3.05, 3.63) is 28.5 Å². The molecular formula is C10H9NO2S. The van der Waals surface area contributed by atoms with Gasteiger partial charge in [-0.3, -0.25) is 4.79 Å². The van der Waals surface area contributed by atoms with Gasteiger partial charge in [0, 0.05) is 15.8 Å². The Kier molecular flexibility index (Phi) is 2.21. The molecule has 0 spiro atoms. The van der Waals surface area contributed by atoms with E-state index in [4.69, 9.17) is 4.52 Å². The Bertz CT molecular complexity index is 451. The maximum absolute atomic E-state index is 10.5. The molecule has 0 aliphatic heterocycles. The van der Waals surface area contributed by atoms with Crippen LogP contribution in [-0.2, 0) is 0 Å². The molecule has 0 fully saturated rings. The van der Waals surface area contributed by atoms with Gasteiger partial charge in [0.1, 0.15) is 5.76 Å². The fourth-order valence-corrected chi connectivity index (χ4v) is 2.38. The molecule has 72 valence electrons. The van der Waals surface area contributed by atoms with Crippen LogP contribution in [0.15, 0.2) is 16.0 Å². The monoisotopic (exact) mass is 207 g/mol. The first-order valence-electron chi connectivity index (χ1n) is 4.19. The number of hydrogen-bond acceptors (Lipinski definition) is 4. The summed E-state index contributed by atoms with van der Waals surface area (Å²) in [6, 6.07) is 1.85. The van der Waals surface area contributed by atoms with Gasteiger partial charge >= 0.3 is 0 Å². The van der Waals surface area contributed by atoms with Gasteiger partial charge in [0.15, 0.2) is 6.29 Å². The molecule has 0 saturated carbocycles. The molecule has 2 aromatic heterocycles. The van der Waals surface area contributed by atoms with Crippen LogP contribution in [0.3, 0.4) is 0 Å². The third kappa shape index (κ3) is 1.37. The number of carbonyl (C=O) groups excluding carboxylic acids is 1. The van der Waals surface area contributed by atoms with Crippen molar-refractivity contribution in [3.8, 4) is 10.4 Å². The van der Waals surface area contributed by atoms with Crippen molar-refractivity contribution in [2.75, 3.05) is 0 Å². The van der Waals surface area contributed by atoms with Gasteiger partial charge in [0.2, 0.25) is 0 Å². The number of aryl methyl sites for hydroxylation is 2. The first-order valence-corrected chi connectivity index (χ1v) is 5.07. The van der Waals surface area contributed by atoms with Crippen LogP contribution in [0.5, 0.6) is 0 Å². The van der Waals surface area contributed by atoms with Crippen molar-refractivity contribution in [1.29, 1.82) is 0 Å². The lowest BCUT2D eigenvalue weighted by atomic mass is 10.1. The van der Waals surface area contributed by atoms with Crippen LogP contribution in [0.1, 0.15) is 21.8 Å². The fraction of sp³-hybridized carbons (Fsp3) is 0.200. The first kappa shape index (κ1) is 9.15. The molecule has 0 aliphatic rings. The lowest BCUT2D eigenvalue weighted by molar-refractivity contribution is 0.112. The molecule has 0 aromatic carbocycles. The number of aldehydes is 1. The molecule has 0 bridgehead atoms. The topological polar surface area (TPSA) is 43.1 Å². The van der Waals surface area contributed by atoms with E-state index in [2.05, 4.69) is 5.16 Å². The Labute approximate surface area is 85.4 Å². The first-order chi connectivity index (χ1) is 6.72. The third-order valence-electron chi connectivity index (χ3n) is 2.04. The second-order valence-corrected chi connectivity index (χ2v) is 3.97. The third-order valence-corrected chi connectivity index (χ3v) is 3.00. The Morgan fingerprint density at radius 3 is 2.79 bits per heavy atom. The van der Waals surface area contributed by atoms with Gasteiger partial charge in [-0.05, 0) is 19.9 Å². The van der Waals surface area contributed by atoms with E-state index >= 15 is 0 Å². The maximum Gasteiger partial charge on any atom is 0.150 e. The van der Waals surface area contributed by atoms with Gasteiger partial charge in [-0.25, -0.2) is 0 Å². The quantitative estimate of drug-likeness (QED) is 0.711. The van der Waals surface area contributed by atoms with E-state index in [0.717, 1.165) is 28.2 Å². The average Bonchev–Trinajstić information content (AvgIpc) is 2.73. The number of rotatable bonds is 2. The molecule has 0 saturated heterocycles. The zero-order valence-corrected chi connectivity index (χ0v) is 8.72. The molecule has 0 N–H and O–H groups in total. The largest absolute Gasteiger partial charge is 0.361 e. The van der Waals surface area contributed by atoms with E-state index in [-0.39, 0.29) is 0 Å². The highest BCUT2D eigenvalue weighted by atomic mass is 32.1. The minimum atomic E-state index is 0.699. The predicted molar refractivity (Wildman–Crippen MR) is 54.7 cm³/mol. The lowest BCUT2D eigenvalue weighted by Gasteiger charge is -1.92. The molecule has 2 aromatic rings. The summed E-state index contributed by atoms with van der Waals surface area (Å²) in [7, 11) is 0. The minimum absolute atomic E-state index is 0.699. The van der Waals surface area contributed by atoms with Crippen LogP contribution in [0.2, 0.25) is 0 Å². The maximum atomic E-state index is 10.5. The molecule has 3 nitrogen and oxygen atoms in total. The van der Waals surface area contributed by atoms with E-state index in [1.165, 1.54) is 11.3 Å². The highest BCUT2D eigenvalue weighted by Gasteiger charge is 2.12. The van der Waals surface area contributed by atoms with Crippen molar-refractivity contribution >= 4 is 17.6 Å². The SMILES string of the molecule is Cc1noc(C)c1-c1cc(C=O)cs1. The molecule has 0 atom stereocenters. The molecule has 14 heavy (non-hydrogen) atoms. The highest BCUT2D eigenvalue weighted by Crippen LogP contribution is 2.31. The summed E-state index contributed by atoms with van der Waals surface area (Å²) in [6.07, 6.45) is 0.845. The van der Waals surface area contributed by atoms with Gasteiger partial charge < -0.3 is 4.52 Å². The number of nitrogens with zero attached hydrogens (tertiary/aromatic N) is 1. The highest BCUT2D eigenvalue weighted by molar-refractivity contribution is 7.13. The molecule has 4 heteroatoms. The van der Waals surface area contributed by atoms with E-state index in [1.807, 2.05) is 25.3 Å². The number of thiophene rings is 1. The van der Waals surface area contributed by atoms with Crippen molar-refractivity contribution in [2.24, 2.45) is 0 Å². The Balaban J connectivity index is 2.53. The standard InChI is InChI=1S/C10H9NO2S/c1-6-10(7(2)13-11-6)9-3-8(4-12)5-14-9/h3-5H,1-2H3. The molecule has 0 aliphatic carbocycles. The summed E-state index contributed by atoms with van der Waals surface area (Å²) in [4.78, 5) is 11.6. The average molecular weight is 207 g/mol. The Hall–Kier alpha value is -1.42. The van der Waals surface area contributed by atoms with Gasteiger partial charge in [0.05, 0.1) is 11.3 Å². The van der Waals surface area contributed by atoms with E-state index in [0.29, 0.717) is 5.56 Å². The molecule has 0 amide bonds. The van der Waals surface area contributed by atoms with Crippen molar-refractivity contribution < 1.29 is 9.32 Å². The van der Waals surface area contributed by atoms with Crippen LogP contribution in [0, 0.1) is 13.8 Å². The molecular weight excluding hydrogens is 198 g/mol. The summed E-state index contributed by atoms with van der Waals surface area (Å²) in [6.45, 7) is 3.77. The predicted octanol–water partition coefficient (Wildman–Crippen LogP) is 2.83. The lowest BCUT2D eigenvalue weighted by Crippen LogP contribution is -1.77. The van der Waals surface area contributed by atoms with Crippen molar-refractivity contribution in [3.63, 3.8) is 0 Å². The summed E-state index contributed by atoms with van der Waals surface area (Å²) in [5.74, 6) is 0.793. The van der Waals surface area contributed by atoms with Gasteiger partial charge in [-0.15, -0.1) is 11.3 Å². The van der Waals surface area contributed by atoms with Crippen LogP contribution >= 0.6 is 11.3 Å². The van der Waals surface area contributed by atoms with Gasteiger partial charge in [-0.1, -0.05) is 5.16 Å². The van der Waals surface area contributed by atoms with Crippen molar-refractivity contribution in [1.82, 2.24) is 5.16 Å². The van der Waals surface area contributed by atoms with E-state index in [1.54, 1.807) is 0 Å². The van der Waals surface area contributed by atoms with Crippen LogP contribution < -0.4 is 0 Å². The molecule has 0 radical (unpaired) electrons. The summed E-state index contributed by atoms with van der Waals surface area (Å²) < 4.78 is 5.06. The van der Waals surface area contributed by atoms with Gasteiger partial charge in [-0.2, -0.15) is 0 Å². The summed E-state index contributed by atoms with van der Waals surface area (Å²) >= 11 is 1.53. The zero-order chi connectivity index (χ0) is 10.1. The van der Waals surface area contributed by atoms with E-state index in [9.17, 15) is 4.79 Å².